The van der Waals surface area contributed by atoms with Crippen LogP contribution in [-0.4, -0.2) is 31.9 Å². The maximum absolute atomic E-state index is 12.3. The average Bonchev–Trinajstić information content (AvgIpc) is 3.17. The van der Waals surface area contributed by atoms with Crippen molar-refractivity contribution in [2.75, 3.05) is 11.1 Å². The lowest BCUT2D eigenvalue weighted by atomic mass is 10.1. The van der Waals surface area contributed by atoms with Gasteiger partial charge in [-0.1, -0.05) is 77.4 Å². The van der Waals surface area contributed by atoms with Crippen molar-refractivity contribution in [2.24, 2.45) is 0 Å². The van der Waals surface area contributed by atoms with Crippen molar-refractivity contribution < 1.29 is 4.79 Å². The maximum atomic E-state index is 12.3. The lowest BCUT2D eigenvalue weighted by molar-refractivity contribution is -0.113. The normalized spacial score (nSPS) is 10.9. The van der Waals surface area contributed by atoms with Gasteiger partial charge in [-0.15, -0.1) is 5.10 Å². The molecular formula is C19H13Cl2N5OS. The molecule has 0 saturated heterocycles. The molecule has 1 N–H and O–H groups in total. The molecule has 28 heavy (non-hydrogen) atoms. The highest BCUT2D eigenvalue weighted by molar-refractivity contribution is 7.99. The van der Waals surface area contributed by atoms with Gasteiger partial charge >= 0.3 is 0 Å². The van der Waals surface area contributed by atoms with Crippen molar-refractivity contribution in [1.82, 2.24) is 20.2 Å². The lowest BCUT2D eigenvalue weighted by Crippen LogP contribution is -2.15. The number of amides is 1. The number of carbonyl (C=O) groups is 1. The van der Waals surface area contributed by atoms with Crippen molar-refractivity contribution in [3.05, 3.63) is 70.7 Å². The molecule has 0 aliphatic rings. The molecule has 9 heteroatoms. The number of benzene rings is 3. The fourth-order valence-electron chi connectivity index (χ4n) is 2.74. The number of halogens is 2. The summed E-state index contributed by atoms with van der Waals surface area (Å²) in [5, 5.41) is 18.0. The highest BCUT2D eigenvalue weighted by Crippen LogP contribution is 2.30. The summed E-state index contributed by atoms with van der Waals surface area (Å²) in [6.45, 7) is 0. The Labute approximate surface area is 174 Å². The fourth-order valence-corrected chi connectivity index (χ4v) is 3.91. The number of hydrogen-bond acceptors (Lipinski definition) is 5. The Bertz CT molecular complexity index is 1140. The second kappa shape index (κ2) is 8.18. The number of nitrogens with zero attached hydrogens (tertiary/aromatic N) is 4. The molecule has 1 aromatic heterocycles. The summed E-state index contributed by atoms with van der Waals surface area (Å²) in [5.41, 5.74) is 1.24. The van der Waals surface area contributed by atoms with Crippen LogP contribution in [0.5, 0.6) is 0 Å². The van der Waals surface area contributed by atoms with Gasteiger partial charge in [0.05, 0.1) is 27.2 Å². The van der Waals surface area contributed by atoms with Crippen LogP contribution in [0.2, 0.25) is 10.0 Å². The molecule has 0 atom stereocenters. The first kappa shape index (κ1) is 18.7. The van der Waals surface area contributed by atoms with E-state index in [2.05, 4.69) is 20.8 Å². The van der Waals surface area contributed by atoms with Gasteiger partial charge in [0.15, 0.2) is 0 Å². The topological polar surface area (TPSA) is 72.7 Å². The second-order valence-electron chi connectivity index (χ2n) is 5.81. The molecule has 0 bridgehead atoms. The van der Waals surface area contributed by atoms with E-state index in [4.69, 9.17) is 23.2 Å². The minimum absolute atomic E-state index is 0.104. The third-order valence-electron chi connectivity index (χ3n) is 4.00. The molecule has 140 valence electrons. The Morgan fingerprint density at radius 1 is 1.00 bits per heavy atom. The van der Waals surface area contributed by atoms with Crippen molar-refractivity contribution in [3.8, 4) is 5.69 Å². The summed E-state index contributed by atoms with van der Waals surface area (Å²) in [7, 11) is 0. The number of hydrogen-bond donors (Lipinski definition) is 1. The highest BCUT2D eigenvalue weighted by Gasteiger charge is 2.15. The van der Waals surface area contributed by atoms with Crippen LogP contribution in [0, 0.1) is 0 Å². The number of tetrazole rings is 1. The van der Waals surface area contributed by atoms with E-state index < -0.39 is 0 Å². The van der Waals surface area contributed by atoms with Gasteiger partial charge < -0.3 is 5.32 Å². The second-order valence-corrected chi connectivity index (χ2v) is 7.56. The van der Waals surface area contributed by atoms with Gasteiger partial charge in [-0.05, 0) is 34.0 Å². The Kier molecular flexibility index (Phi) is 5.47. The minimum Gasteiger partial charge on any atom is -0.323 e. The van der Waals surface area contributed by atoms with E-state index in [0.717, 1.165) is 16.5 Å². The SMILES string of the molecule is O=C(CSc1nnnn1-c1cccc2ccccc12)Nc1c(Cl)cccc1Cl. The molecule has 0 aliphatic heterocycles. The zero-order valence-corrected chi connectivity index (χ0v) is 16.7. The van der Waals surface area contributed by atoms with Crippen LogP contribution in [0.15, 0.2) is 65.8 Å². The highest BCUT2D eigenvalue weighted by atomic mass is 35.5. The Balaban J connectivity index is 1.53. The quantitative estimate of drug-likeness (QED) is 0.458. The first-order chi connectivity index (χ1) is 13.6. The van der Waals surface area contributed by atoms with Crippen LogP contribution < -0.4 is 5.32 Å². The van der Waals surface area contributed by atoms with E-state index in [0.29, 0.717) is 20.9 Å². The smallest absolute Gasteiger partial charge is 0.234 e. The summed E-state index contributed by atoms with van der Waals surface area (Å²) in [5.74, 6) is -0.153. The van der Waals surface area contributed by atoms with Crippen LogP contribution in [0.1, 0.15) is 0 Å². The number of para-hydroxylation sites is 1. The van der Waals surface area contributed by atoms with Gasteiger partial charge in [0.2, 0.25) is 11.1 Å². The maximum Gasteiger partial charge on any atom is 0.234 e. The summed E-state index contributed by atoms with van der Waals surface area (Å²) >= 11 is 13.4. The zero-order chi connectivity index (χ0) is 19.5. The van der Waals surface area contributed by atoms with E-state index in [1.165, 1.54) is 11.8 Å². The molecule has 4 aromatic rings. The number of aromatic nitrogens is 4. The summed E-state index contributed by atoms with van der Waals surface area (Å²) < 4.78 is 1.63. The van der Waals surface area contributed by atoms with Crippen LogP contribution in [0.3, 0.4) is 0 Å². The van der Waals surface area contributed by atoms with Crippen molar-refractivity contribution in [1.29, 1.82) is 0 Å². The minimum atomic E-state index is -0.257. The molecule has 1 amide bonds. The molecule has 0 spiro atoms. The third-order valence-corrected chi connectivity index (χ3v) is 5.54. The van der Waals surface area contributed by atoms with E-state index in [1.54, 1.807) is 22.9 Å². The van der Waals surface area contributed by atoms with Crippen LogP contribution in [0.25, 0.3) is 16.5 Å². The number of carbonyl (C=O) groups excluding carboxylic acids is 1. The lowest BCUT2D eigenvalue weighted by Gasteiger charge is -2.10. The standard InChI is InChI=1S/C19H13Cl2N5OS/c20-14-8-4-9-15(21)18(14)22-17(27)11-28-19-23-24-25-26(19)16-10-3-6-12-5-1-2-7-13(12)16/h1-10H,11H2,(H,22,27). The molecular weight excluding hydrogens is 417 g/mol. The Morgan fingerprint density at radius 3 is 2.54 bits per heavy atom. The van der Waals surface area contributed by atoms with E-state index in [-0.39, 0.29) is 11.7 Å². The van der Waals surface area contributed by atoms with Crippen molar-refractivity contribution in [3.63, 3.8) is 0 Å². The summed E-state index contributed by atoms with van der Waals surface area (Å²) in [6, 6.07) is 18.9. The van der Waals surface area contributed by atoms with Crippen molar-refractivity contribution in [2.45, 2.75) is 5.16 Å². The molecule has 0 saturated carbocycles. The first-order valence-corrected chi connectivity index (χ1v) is 10.0. The number of rotatable bonds is 5. The van der Waals surface area contributed by atoms with Gasteiger partial charge in [-0.2, -0.15) is 4.68 Å². The van der Waals surface area contributed by atoms with Crippen LogP contribution in [0.4, 0.5) is 5.69 Å². The molecule has 0 unspecified atom stereocenters. The average molecular weight is 430 g/mol. The predicted octanol–water partition coefficient (Wildman–Crippen LogP) is 4.85. The first-order valence-electron chi connectivity index (χ1n) is 8.26. The summed E-state index contributed by atoms with van der Waals surface area (Å²) in [4.78, 5) is 12.3. The predicted molar refractivity (Wildman–Crippen MR) is 112 cm³/mol. The van der Waals surface area contributed by atoms with E-state index >= 15 is 0 Å². The third kappa shape index (κ3) is 3.82. The Morgan fingerprint density at radius 2 is 1.71 bits per heavy atom. The molecule has 0 fully saturated rings. The fraction of sp³-hybridized carbons (Fsp3) is 0.0526. The Hall–Kier alpha value is -2.61. The molecule has 4 rings (SSSR count). The number of thioether (sulfide) groups is 1. The molecule has 0 radical (unpaired) electrons. The zero-order valence-electron chi connectivity index (χ0n) is 14.3. The van der Waals surface area contributed by atoms with Crippen LogP contribution in [-0.2, 0) is 4.79 Å². The number of anilines is 1. The van der Waals surface area contributed by atoms with Crippen molar-refractivity contribution >= 4 is 57.3 Å². The molecule has 3 aromatic carbocycles. The monoisotopic (exact) mass is 429 g/mol. The van der Waals surface area contributed by atoms with Gasteiger partial charge in [0.1, 0.15) is 0 Å². The van der Waals surface area contributed by atoms with Gasteiger partial charge in [0, 0.05) is 5.39 Å². The van der Waals surface area contributed by atoms with Gasteiger partial charge in [-0.25, -0.2) is 0 Å². The van der Waals surface area contributed by atoms with E-state index in [1.807, 2.05) is 42.5 Å². The van der Waals surface area contributed by atoms with Crippen LogP contribution >= 0.6 is 35.0 Å². The molecule has 0 aliphatic carbocycles. The molecule has 6 nitrogen and oxygen atoms in total. The molecule has 1 heterocycles. The number of fused-ring (bicyclic) bond motifs is 1. The largest absolute Gasteiger partial charge is 0.323 e. The summed E-state index contributed by atoms with van der Waals surface area (Å²) in [6.07, 6.45) is 0. The van der Waals surface area contributed by atoms with Gasteiger partial charge in [0.25, 0.3) is 0 Å². The number of nitrogens with one attached hydrogen (secondary N) is 1. The van der Waals surface area contributed by atoms with Gasteiger partial charge in [-0.3, -0.25) is 4.79 Å². The van der Waals surface area contributed by atoms with E-state index in [9.17, 15) is 4.79 Å².